The molecular weight excluding hydrogens is 390 g/mol. The van der Waals surface area contributed by atoms with Gasteiger partial charge in [0.25, 0.3) is 21.9 Å². The average Bonchev–Trinajstić information content (AvgIpc) is 2.91. The molecule has 154 valence electrons. The highest BCUT2D eigenvalue weighted by molar-refractivity contribution is 7.85. The summed E-state index contributed by atoms with van der Waals surface area (Å²) in [5.41, 5.74) is 2.54. The molecule has 6 nitrogen and oxygen atoms in total. The summed E-state index contributed by atoms with van der Waals surface area (Å²) in [5, 5.41) is 0. The van der Waals surface area contributed by atoms with Crippen LogP contribution in [0.2, 0.25) is 0 Å². The standard InChI is InChI=1S/C22H25NO5S/c1-16-12-13-20(29(26,27)28)17(15-16)9-5-3-2-4-8-14-23-21(24)18-10-6-7-11-19(18)22(23)25/h6-7,10-13,15H,2-5,8-9,14H2,1H3,(H,26,27,28). The molecule has 0 aliphatic carbocycles. The number of rotatable bonds is 9. The Morgan fingerprint density at radius 3 is 2.07 bits per heavy atom. The van der Waals surface area contributed by atoms with E-state index < -0.39 is 10.1 Å². The second-order valence-corrected chi connectivity index (χ2v) is 8.80. The zero-order chi connectivity index (χ0) is 21.0. The zero-order valence-corrected chi connectivity index (χ0v) is 17.2. The highest BCUT2D eigenvalue weighted by Gasteiger charge is 2.34. The Hall–Kier alpha value is -2.51. The van der Waals surface area contributed by atoms with E-state index in [9.17, 15) is 22.6 Å². The van der Waals surface area contributed by atoms with Crippen LogP contribution in [0.5, 0.6) is 0 Å². The Morgan fingerprint density at radius 2 is 1.45 bits per heavy atom. The lowest BCUT2D eigenvalue weighted by Crippen LogP contribution is -2.30. The predicted molar refractivity (Wildman–Crippen MR) is 110 cm³/mol. The third kappa shape index (κ3) is 4.92. The number of carbonyl (C=O) groups excluding carboxylic acids is 2. The topological polar surface area (TPSA) is 91.8 Å². The van der Waals surface area contributed by atoms with Crippen LogP contribution in [0, 0.1) is 6.92 Å². The fourth-order valence-corrected chi connectivity index (χ4v) is 4.45. The molecule has 0 radical (unpaired) electrons. The first-order chi connectivity index (χ1) is 13.8. The summed E-state index contributed by atoms with van der Waals surface area (Å²) in [6.45, 7) is 2.30. The zero-order valence-electron chi connectivity index (χ0n) is 16.4. The van der Waals surface area contributed by atoms with Gasteiger partial charge in [0.05, 0.1) is 16.0 Å². The van der Waals surface area contributed by atoms with E-state index in [4.69, 9.17) is 0 Å². The first kappa shape index (κ1) is 21.2. The Labute approximate surface area is 171 Å². The van der Waals surface area contributed by atoms with Crippen LogP contribution >= 0.6 is 0 Å². The molecule has 1 aliphatic heterocycles. The lowest BCUT2D eigenvalue weighted by Gasteiger charge is -2.13. The smallest absolute Gasteiger partial charge is 0.282 e. The van der Waals surface area contributed by atoms with E-state index in [0.29, 0.717) is 29.7 Å². The molecule has 0 saturated carbocycles. The van der Waals surface area contributed by atoms with Crippen LogP contribution in [-0.2, 0) is 16.5 Å². The molecule has 0 unspecified atom stereocenters. The van der Waals surface area contributed by atoms with Crippen molar-refractivity contribution in [3.63, 3.8) is 0 Å². The van der Waals surface area contributed by atoms with Crippen molar-refractivity contribution in [3.8, 4) is 0 Å². The molecule has 1 aliphatic rings. The minimum absolute atomic E-state index is 0.0197. The van der Waals surface area contributed by atoms with Crippen LogP contribution in [0.4, 0.5) is 0 Å². The second kappa shape index (κ2) is 8.88. The van der Waals surface area contributed by atoms with Crippen LogP contribution in [0.25, 0.3) is 0 Å². The van der Waals surface area contributed by atoms with Gasteiger partial charge in [-0.05, 0) is 49.9 Å². The van der Waals surface area contributed by atoms with Gasteiger partial charge in [0.15, 0.2) is 0 Å². The summed E-state index contributed by atoms with van der Waals surface area (Å²) in [5.74, 6) is -0.439. The fourth-order valence-electron chi connectivity index (χ4n) is 3.71. The first-order valence-corrected chi connectivity index (χ1v) is 11.3. The maximum Gasteiger partial charge on any atom is 0.294 e. The molecule has 0 aromatic heterocycles. The van der Waals surface area contributed by atoms with Crippen molar-refractivity contribution in [1.82, 2.24) is 4.90 Å². The van der Waals surface area contributed by atoms with Gasteiger partial charge in [-0.15, -0.1) is 0 Å². The van der Waals surface area contributed by atoms with E-state index in [1.54, 1.807) is 36.4 Å². The van der Waals surface area contributed by atoms with Crippen LogP contribution in [0.1, 0.15) is 63.9 Å². The minimum Gasteiger partial charge on any atom is -0.282 e. The number of amides is 2. The summed E-state index contributed by atoms with van der Waals surface area (Å²) in [6.07, 6.45) is 4.84. The largest absolute Gasteiger partial charge is 0.294 e. The minimum atomic E-state index is -4.21. The van der Waals surface area contributed by atoms with Gasteiger partial charge in [-0.2, -0.15) is 8.42 Å². The van der Waals surface area contributed by atoms with Crippen LogP contribution in [0.3, 0.4) is 0 Å². The molecule has 2 amide bonds. The number of hydrogen-bond acceptors (Lipinski definition) is 4. The van der Waals surface area contributed by atoms with Crippen molar-refractivity contribution in [3.05, 3.63) is 64.7 Å². The van der Waals surface area contributed by atoms with Crippen molar-refractivity contribution in [2.24, 2.45) is 0 Å². The normalized spacial score (nSPS) is 13.8. The number of fused-ring (bicyclic) bond motifs is 1. The van der Waals surface area contributed by atoms with Crippen molar-refractivity contribution in [1.29, 1.82) is 0 Å². The van der Waals surface area contributed by atoms with Crippen LogP contribution < -0.4 is 0 Å². The van der Waals surface area contributed by atoms with Gasteiger partial charge in [-0.25, -0.2) is 0 Å². The fraction of sp³-hybridized carbons (Fsp3) is 0.364. The predicted octanol–water partition coefficient (Wildman–Crippen LogP) is 4.03. The number of benzene rings is 2. The van der Waals surface area contributed by atoms with Gasteiger partial charge in [0.2, 0.25) is 0 Å². The molecule has 0 bridgehead atoms. The Morgan fingerprint density at radius 1 is 0.862 bits per heavy atom. The van der Waals surface area contributed by atoms with Crippen molar-refractivity contribution >= 4 is 21.9 Å². The molecule has 0 spiro atoms. The molecule has 0 fully saturated rings. The SMILES string of the molecule is Cc1ccc(S(=O)(=O)O)c(CCCCCCCN2C(=O)c3ccccc3C2=O)c1. The molecule has 7 heteroatoms. The van der Waals surface area contributed by atoms with E-state index in [1.807, 2.05) is 6.92 Å². The molecule has 2 aromatic carbocycles. The van der Waals surface area contributed by atoms with E-state index in [2.05, 4.69) is 0 Å². The van der Waals surface area contributed by atoms with Gasteiger partial charge in [0.1, 0.15) is 0 Å². The molecule has 1 N–H and O–H groups in total. The summed E-state index contributed by atoms with van der Waals surface area (Å²) in [4.78, 5) is 25.9. The maximum absolute atomic E-state index is 12.3. The Balaban J connectivity index is 1.41. The average molecular weight is 416 g/mol. The van der Waals surface area contributed by atoms with Gasteiger partial charge < -0.3 is 0 Å². The third-order valence-electron chi connectivity index (χ3n) is 5.20. The summed E-state index contributed by atoms with van der Waals surface area (Å²) >= 11 is 0. The Bertz CT molecular complexity index is 994. The number of unbranched alkanes of at least 4 members (excludes halogenated alkanes) is 4. The van der Waals surface area contributed by atoms with Gasteiger partial charge in [-0.3, -0.25) is 19.0 Å². The molecule has 29 heavy (non-hydrogen) atoms. The summed E-state index contributed by atoms with van der Waals surface area (Å²) in [6, 6.07) is 11.8. The summed E-state index contributed by atoms with van der Waals surface area (Å²) in [7, 11) is -4.21. The quantitative estimate of drug-likeness (QED) is 0.379. The highest BCUT2D eigenvalue weighted by Crippen LogP contribution is 2.23. The Kier molecular flexibility index (Phi) is 6.49. The first-order valence-electron chi connectivity index (χ1n) is 9.81. The highest BCUT2D eigenvalue weighted by atomic mass is 32.2. The second-order valence-electron chi connectivity index (χ2n) is 7.41. The summed E-state index contributed by atoms with van der Waals surface area (Å²) < 4.78 is 32.3. The lowest BCUT2D eigenvalue weighted by atomic mass is 10.0. The molecule has 2 aromatic rings. The van der Waals surface area contributed by atoms with Crippen LogP contribution in [-0.4, -0.2) is 36.2 Å². The van der Waals surface area contributed by atoms with Gasteiger partial charge in [0, 0.05) is 6.54 Å². The monoisotopic (exact) mass is 415 g/mol. The van der Waals surface area contributed by atoms with Crippen molar-refractivity contribution < 1.29 is 22.6 Å². The van der Waals surface area contributed by atoms with Gasteiger partial charge in [-0.1, -0.05) is 49.1 Å². The van der Waals surface area contributed by atoms with Gasteiger partial charge >= 0.3 is 0 Å². The number of nitrogens with zero attached hydrogens (tertiary/aromatic N) is 1. The van der Waals surface area contributed by atoms with Crippen LogP contribution in [0.15, 0.2) is 47.4 Å². The maximum atomic E-state index is 12.3. The molecule has 3 rings (SSSR count). The number of imide groups is 1. The van der Waals surface area contributed by atoms with Crippen molar-refractivity contribution in [2.45, 2.75) is 50.3 Å². The molecule has 0 saturated heterocycles. The van der Waals surface area contributed by atoms with E-state index >= 15 is 0 Å². The molecule has 0 atom stereocenters. The number of hydrogen-bond donors (Lipinski definition) is 1. The van der Waals surface area contributed by atoms with E-state index in [0.717, 1.165) is 37.7 Å². The van der Waals surface area contributed by atoms with E-state index in [1.165, 1.54) is 11.0 Å². The number of aryl methyl sites for hydroxylation is 2. The number of carbonyl (C=O) groups is 2. The van der Waals surface area contributed by atoms with E-state index in [-0.39, 0.29) is 16.7 Å². The third-order valence-corrected chi connectivity index (χ3v) is 6.15. The van der Waals surface area contributed by atoms with Crippen molar-refractivity contribution in [2.75, 3.05) is 6.54 Å². The lowest BCUT2D eigenvalue weighted by molar-refractivity contribution is 0.0651. The molecule has 1 heterocycles. The molecular formula is C22H25NO5S.